The quantitative estimate of drug-likeness (QED) is 0.399. The molecule has 0 saturated heterocycles. The third-order valence-electron chi connectivity index (χ3n) is 3.93. The molecule has 0 saturated carbocycles. The Morgan fingerprint density at radius 1 is 1.21 bits per heavy atom. The normalized spacial score (nSPS) is 10.8. The Morgan fingerprint density at radius 3 is 2.71 bits per heavy atom. The number of benzene rings is 2. The van der Waals surface area contributed by atoms with Crippen LogP contribution in [0.1, 0.15) is 24.2 Å². The molecule has 0 atom stereocenters. The maximum atomic E-state index is 12.5. The summed E-state index contributed by atoms with van der Waals surface area (Å²) in [5.41, 5.74) is 2.04. The number of halogens is 3. The van der Waals surface area contributed by atoms with Gasteiger partial charge in [-0.1, -0.05) is 29.3 Å². The molecule has 0 amide bonds. The number of carbonyl (C=O) groups is 1. The molecule has 0 bridgehead atoms. The minimum Gasteiger partial charge on any atom is -0.493 e. The van der Waals surface area contributed by atoms with Crippen LogP contribution in [-0.4, -0.2) is 24.2 Å². The lowest BCUT2D eigenvalue weighted by molar-refractivity contribution is 0.0527. The molecule has 8 heteroatoms. The van der Waals surface area contributed by atoms with E-state index in [4.69, 9.17) is 32.7 Å². The second kappa shape index (κ2) is 8.99. The molecule has 0 unspecified atom stereocenters. The number of ether oxygens (including phenoxy) is 2. The molecular formula is C20H17BrCl2N2O3. The molecule has 0 spiro atoms. The summed E-state index contributed by atoms with van der Waals surface area (Å²) >= 11 is 16.0. The molecule has 146 valence electrons. The SMILES string of the molecule is CCOC(=O)c1cnc2cc(Br)c(OCC)cc2c1Nc1cccc(Cl)c1Cl. The Labute approximate surface area is 181 Å². The summed E-state index contributed by atoms with van der Waals surface area (Å²) in [6, 6.07) is 8.89. The largest absolute Gasteiger partial charge is 0.493 e. The van der Waals surface area contributed by atoms with E-state index in [9.17, 15) is 4.79 Å². The molecule has 1 N–H and O–H groups in total. The van der Waals surface area contributed by atoms with Crippen LogP contribution in [-0.2, 0) is 4.74 Å². The van der Waals surface area contributed by atoms with Crippen molar-refractivity contribution < 1.29 is 14.3 Å². The highest BCUT2D eigenvalue weighted by Crippen LogP contribution is 2.38. The van der Waals surface area contributed by atoms with Gasteiger partial charge >= 0.3 is 5.97 Å². The zero-order chi connectivity index (χ0) is 20.3. The molecule has 0 aliphatic rings. The second-order valence-electron chi connectivity index (χ2n) is 5.73. The van der Waals surface area contributed by atoms with E-state index in [0.717, 1.165) is 4.47 Å². The average molecular weight is 484 g/mol. The monoisotopic (exact) mass is 482 g/mol. The Kier molecular flexibility index (Phi) is 6.65. The van der Waals surface area contributed by atoms with Gasteiger partial charge in [0, 0.05) is 11.6 Å². The van der Waals surface area contributed by atoms with Crippen LogP contribution >= 0.6 is 39.1 Å². The van der Waals surface area contributed by atoms with E-state index < -0.39 is 5.97 Å². The lowest BCUT2D eigenvalue weighted by Gasteiger charge is -2.16. The highest BCUT2D eigenvalue weighted by molar-refractivity contribution is 9.10. The van der Waals surface area contributed by atoms with Gasteiger partial charge in [-0.3, -0.25) is 4.98 Å². The number of hydrogen-bond donors (Lipinski definition) is 1. The van der Waals surface area contributed by atoms with Gasteiger partial charge in [0.1, 0.15) is 11.3 Å². The number of nitrogens with zero attached hydrogens (tertiary/aromatic N) is 1. The van der Waals surface area contributed by atoms with Crippen molar-refractivity contribution in [2.24, 2.45) is 0 Å². The van der Waals surface area contributed by atoms with Crippen molar-refractivity contribution in [1.29, 1.82) is 0 Å². The predicted octanol–water partition coefficient (Wildman–Crippen LogP) is 6.62. The van der Waals surface area contributed by atoms with Gasteiger partial charge < -0.3 is 14.8 Å². The lowest BCUT2D eigenvalue weighted by Crippen LogP contribution is -2.09. The maximum absolute atomic E-state index is 12.5. The summed E-state index contributed by atoms with van der Waals surface area (Å²) < 4.78 is 11.6. The van der Waals surface area contributed by atoms with E-state index in [0.29, 0.717) is 44.7 Å². The van der Waals surface area contributed by atoms with Gasteiger partial charge in [-0.25, -0.2) is 4.79 Å². The minimum atomic E-state index is -0.488. The number of carbonyl (C=O) groups excluding carboxylic acids is 1. The first-order valence-electron chi connectivity index (χ1n) is 8.59. The van der Waals surface area contributed by atoms with E-state index in [1.165, 1.54) is 6.20 Å². The third-order valence-corrected chi connectivity index (χ3v) is 5.37. The van der Waals surface area contributed by atoms with Crippen LogP contribution in [0.25, 0.3) is 10.9 Å². The summed E-state index contributed by atoms with van der Waals surface area (Å²) in [7, 11) is 0. The number of anilines is 2. The summed E-state index contributed by atoms with van der Waals surface area (Å²) in [6.45, 7) is 4.39. The summed E-state index contributed by atoms with van der Waals surface area (Å²) in [6.07, 6.45) is 1.48. The van der Waals surface area contributed by atoms with Crippen molar-refractivity contribution in [3.8, 4) is 5.75 Å². The van der Waals surface area contributed by atoms with Crippen LogP contribution in [0.4, 0.5) is 11.4 Å². The molecule has 0 aliphatic heterocycles. The number of aromatic nitrogens is 1. The number of fused-ring (bicyclic) bond motifs is 1. The lowest BCUT2D eigenvalue weighted by atomic mass is 10.1. The maximum Gasteiger partial charge on any atom is 0.341 e. The average Bonchev–Trinajstić information content (AvgIpc) is 2.66. The highest BCUT2D eigenvalue weighted by atomic mass is 79.9. The van der Waals surface area contributed by atoms with Crippen LogP contribution in [0.2, 0.25) is 10.0 Å². The Morgan fingerprint density at radius 2 is 2.00 bits per heavy atom. The molecule has 1 aromatic heterocycles. The summed E-state index contributed by atoms with van der Waals surface area (Å²) in [5.74, 6) is 0.150. The van der Waals surface area contributed by atoms with Gasteiger partial charge in [-0.15, -0.1) is 0 Å². The Bertz CT molecular complexity index is 1040. The molecule has 5 nitrogen and oxygen atoms in total. The summed E-state index contributed by atoms with van der Waals surface area (Å²) in [5, 5.41) is 4.67. The molecular weight excluding hydrogens is 467 g/mol. The van der Waals surface area contributed by atoms with Gasteiger partial charge in [0.05, 0.1) is 44.6 Å². The van der Waals surface area contributed by atoms with Crippen LogP contribution in [0.5, 0.6) is 5.75 Å². The smallest absolute Gasteiger partial charge is 0.341 e. The number of nitrogens with one attached hydrogen (secondary N) is 1. The van der Waals surface area contributed by atoms with Crippen molar-refractivity contribution >= 4 is 67.4 Å². The molecule has 28 heavy (non-hydrogen) atoms. The molecule has 0 fully saturated rings. The minimum absolute atomic E-state index is 0.249. The molecule has 3 rings (SSSR count). The molecule has 0 aliphatic carbocycles. The van der Waals surface area contributed by atoms with E-state index in [1.54, 1.807) is 25.1 Å². The van der Waals surface area contributed by atoms with Crippen molar-refractivity contribution in [2.45, 2.75) is 13.8 Å². The van der Waals surface area contributed by atoms with Crippen LogP contribution in [0.15, 0.2) is 41.0 Å². The molecule has 2 aromatic carbocycles. The summed E-state index contributed by atoms with van der Waals surface area (Å²) in [4.78, 5) is 16.9. The van der Waals surface area contributed by atoms with Gasteiger partial charge in [-0.2, -0.15) is 0 Å². The van der Waals surface area contributed by atoms with E-state index in [2.05, 4.69) is 26.2 Å². The molecule has 0 radical (unpaired) electrons. The molecule has 3 aromatic rings. The zero-order valence-electron chi connectivity index (χ0n) is 15.2. The number of rotatable bonds is 6. The topological polar surface area (TPSA) is 60.5 Å². The van der Waals surface area contributed by atoms with Crippen LogP contribution in [0, 0.1) is 0 Å². The van der Waals surface area contributed by atoms with Crippen molar-refractivity contribution in [3.63, 3.8) is 0 Å². The first-order chi connectivity index (χ1) is 13.5. The van der Waals surface area contributed by atoms with E-state index in [1.807, 2.05) is 19.1 Å². The fraction of sp³-hybridized carbons (Fsp3) is 0.200. The van der Waals surface area contributed by atoms with Gasteiger partial charge in [-0.05, 0) is 54.0 Å². The standard InChI is InChI=1S/C20H17BrCl2N2O3/c1-3-27-17-8-11-16(9-13(17)21)24-10-12(20(26)28-4-2)19(11)25-15-7-5-6-14(22)18(15)23/h5-10H,3-4H2,1-2H3,(H,24,25). The van der Waals surface area contributed by atoms with Crippen molar-refractivity contribution in [1.82, 2.24) is 4.98 Å². The number of esters is 1. The third kappa shape index (κ3) is 4.19. The Hall–Kier alpha value is -2.02. The number of hydrogen-bond acceptors (Lipinski definition) is 5. The van der Waals surface area contributed by atoms with Crippen LogP contribution in [0.3, 0.4) is 0 Å². The fourth-order valence-electron chi connectivity index (χ4n) is 2.69. The number of pyridine rings is 1. The van der Waals surface area contributed by atoms with E-state index >= 15 is 0 Å². The first kappa shape index (κ1) is 20.7. The fourth-order valence-corrected chi connectivity index (χ4v) is 3.49. The van der Waals surface area contributed by atoms with Gasteiger partial charge in [0.15, 0.2) is 0 Å². The van der Waals surface area contributed by atoms with E-state index in [-0.39, 0.29) is 12.2 Å². The van der Waals surface area contributed by atoms with Crippen LogP contribution < -0.4 is 10.1 Å². The highest BCUT2D eigenvalue weighted by Gasteiger charge is 2.19. The van der Waals surface area contributed by atoms with Gasteiger partial charge in [0.25, 0.3) is 0 Å². The first-order valence-corrected chi connectivity index (χ1v) is 10.1. The van der Waals surface area contributed by atoms with Gasteiger partial charge in [0.2, 0.25) is 0 Å². The van der Waals surface area contributed by atoms with Crippen molar-refractivity contribution in [3.05, 3.63) is 56.6 Å². The predicted molar refractivity (Wildman–Crippen MR) is 116 cm³/mol. The van der Waals surface area contributed by atoms with Crippen molar-refractivity contribution in [2.75, 3.05) is 18.5 Å². The Balaban J connectivity index is 2.24. The second-order valence-corrected chi connectivity index (χ2v) is 7.37. The zero-order valence-corrected chi connectivity index (χ0v) is 18.3. The molecule has 1 heterocycles.